The molecule has 0 aromatic rings. The van der Waals surface area contributed by atoms with Crippen molar-refractivity contribution in [1.29, 1.82) is 0 Å². The van der Waals surface area contributed by atoms with Crippen LogP contribution in [-0.2, 0) is 9.53 Å². The monoisotopic (exact) mass is 652 g/mol. The zero-order valence-corrected chi connectivity index (χ0v) is 31.8. The van der Waals surface area contributed by atoms with Crippen LogP contribution >= 0.6 is 0 Å². The van der Waals surface area contributed by atoms with Crippen molar-refractivity contribution in [1.82, 2.24) is 4.90 Å². The van der Waals surface area contributed by atoms with Gasteiger partial charge in [0, 0.05) is 19.5 Å². The Kier molecular flexibility index (Phi) is 40.0. The molecule has 0 saturated heterocycles. The van der Waals surface area contributed by atoms with Gasteiger partial charge in [-0.1, -0.05) is 213 Å². The fourth-order valence-electron chi connectivity index (χ4n) is 6.72. The van der Waals surface area contributed by atoms with Gasteiger partial charge in [0.2, 0.25) is 0 Å². The van der Waals surface area contributed by atoms with E-state index in [0.29, 0.717) is 19.6 Å². The first kappa shape index (κ1) is 45.4. The summed E-state index contributed by atoms with van der Waals surface area (Å²) >= 11 is 0. The topological polar surface area (TPSA) is 49.8 Å². The van der Waals surface area contributed by atoms with Gasteiger partial charge < -0.3 is 9.84 Å². The second kappa shape index (κ2) is 40.6. The molecule has 0 heterocycles. The van der Waals surface area contributed by atoms with E-state index in [1.807, 2.05) is 0 Å². The quantitative estimate of drug-likeness (QED) is 0.0529. The van der Waals surface area contributed by atoms with E-state index in [0.717, 1.165) is 25.9 Å². The number of aliphatic hydroxyl groups excluding tert-OH is 1. The molecular weight excluding hydrogens is 566 g/mol. The first-order valence-corrected chi connectivity index (χ1v) is 21.2. The fourth-order valence-corrected chi connectivity index (χ4v) is 6.72. The zero-order chi connectivity index (χ0) is 33.4. The normalized spacial score (nSPS) is 11.6. The minimum absolute atomic E-state index is 0.0488. The highest BCUT2D eigenvalue weighted by Crippen LogP contribution is 2.16. The number of esters is 1. The van der Waals surface area contributed by atoms with Crippen LogP contribution in [-0.4, -0.2) is 48.8 Å². The molecule has 0 fully saturated rings. The highest BCUT2D eigenvalue weighted by molar-refractivity contribution is 5.69. The van der Waals surface area contributed by atoms with Gasteiger partial charge >= 0.3 is 5.97 Å². The Bertz CT molecular complexity index is 569. The van der Waals surface area contributed by atoms with Gasteiger partial charge in [-0.25, -0.2) is 0 Å². The number of hydrogen-bond acceptors (Lipinski definition) is 4. The van der Waals surface area contributed by atoms with E-state index in [1.54, 1.807) is 0 Å². The lowest BCUT2D eigenvalue weighted by molar-refractivity contribution is -0.144. The lowest BCUT2D eigenvalue weighted by Crippen LogP contribution is -2.32. The van der Waals surface area contributed by atoms with Crippen LogP contribution in [0, 0.1) is 0 Å². The molecule has 4 heteroatoms. The predicted octanol–water partition coefficient (Wildman–Crippen LogP) is 13.1. The van der Waals surface area contributed by atoms with Crippen LogP contribution in [0.2, 0.25) is 0 Å². The summed E-state index contributed by atoms with van der Waals surface area (Å²) in [4.78, 5) is 14.4. The van der Waals surface area contributed by atoms with Crippen molar-refractivity contribution in [3.8, 4) is 0 Å². The van der Waals surface area contributed by atoms with Crippen molar-refractivity contribution in [2.24, 2.45) is 0 Å². The molecule has 0 aliphatic carbocycles. The molecule has 4 nitrogen and oxygen atoms in total. The lowest BCUT2D eigenvalue weighted by atomic mass is 10.0. The smallest absolute Gasteiger partial charge is 0.305 e. The number of carbonyl (C=O) groups is 1. The van der Waals surface area contributed by atoms with Gasteiger partial charge in [-0.3, -0.25) is 9.69 Å². The van der Waals surface area contributed by atoms with Gasteiger partial charge in [-0.05, 0) is 19.4 Å². The first-order chi connectivity index (χ1) is 22.7. The van der Waals surface area contributed by atoms with Crippen molar-refractivity contribution in [2.75, 3.05) is 32.8 Å². The van der Waals surface area contributed by atoms with Crippen molar-refractivity contribution in [3.05, 3.63) is 0 Å². The Balaban J connectivity index is 3.45. The van der Waals surface area contributed by atoms with E-state index < -0.39 is 0 Å². The maximum atomic E-state index is 12.2. The van der Waals surface area contributed by atoms with Gasteiger partial charge in [0.05, 0.1) is 6.61 Å². The van der Waals surface area contributed by atoms with Gasteiger partial charge in [-0.15, -0.1) is 0 Å². The van der Waals surface area contributed by atoms with Crippen LogP contribution in [0.25, 0.3) is 0 Å². The molecule has 0 aliphatic heterocycles. The molecule has 276 valence electrons. The average molecular weight is 652 g/mol. The number of ether oxygens (including phenoxy) is 1. The van der Waals surface area contributed by atoms with Gasteiger partial charge in [0.15, 0.2) is 0 Å². The third-order valence-corrected chi connectivity index (χ3v) is 9.90. The number of rotatable bonds is 40. The minimum Gasteiger partial charge on any atom is -0.464 e. The third-order valence-electron chi connectivity index (χ3n) is 9.90. The van der Waals surface area contributed by atoms with E-state index in [2.05, 4.69) is 18.7 Å². The van der Waals surface area contributed by atoms with E-state index >= 15 is 0 Å². The molecule has 0 spiro atoms. The maximum Gasteiger partial charge on any atom is 0.305 e. The second-order valence-electron chi connectivity index (χ2n) is 14.5. The Morgan fingerprint density at radius 2 is 0.717 bits per heavy atom. The van der Waals surface area contributed by atoms with Crippen LogP contribution in [0.4, 0.5) is 0 Å². The van der Waals surface area contributed by atoms with E-state index in [4.69, 9.17) is 4.74 Å². The predicted molar refractivity (Wildman–Crippen MR) is 203 cm³/mol. The van der Waals surface area contributed by atoms with E-state index in [-0.39, 0.29) is 12.6 Å². The molecule has 0 unspecified atom stereocenters. The molecule has 0 aromatic carbocycles. The van der Waals surface area contributed by atoms with E-state index in [9.17, 15) is 9.90 Å². The minimum atomic E-state index is -0.0488. The molecule has 0 rings (SSSR count). The summed E-state index contributed by atoms with van der Waals surface area (Å²) in [6.07, 6.45) is 45.7. The Hall–Kier alpha value is -0.610. The van der Waals surface area contributed by atoms with E-state index in [1.165, 1.54) is 199 Å². The number of carbonyl (C=O) groups excluding carboxylic acids is 1. The highest BCUT2D eigenvalue weighted by Gasteiger charge is 2.07. The fraction of sp³-hybridized carbons (Fsp3) is 0.976. The maximum absolute atomic E-state index is 12.2. The Morgan fingerprint density at radius 1 is 0.413 bits per heavy atom. The summed E-state index contributed by atoms with van der Waals surface area (Å²) in [7, 11) is 0. The van der Waals surface area contributed by atoms with Crippen molar-refractivity contribution in [3.63, 3.8) is 0 Å². The molecule has 0 aromatic heterocycles. The van der Waals surface area contributed by atoms with Crippen LogP contribution in [0.3, 0.4) is 0 Å². The SMILES string of the molecule is CCCCCCCCCCCCCCCCCCCC(=O)OCCN(CCO)CCCCCCCCCCCCCCCCCC. The molecule has 0 saturated carbocycles. The summed E-state index contributed by atoms with van der Waals surface area (Å²) in [6, 6.07) is 0. The van der Waals surface area contributed by atoms with Crippen LogP contribution in [0.15, 0.2) is 0 Å². The standard InChI is InChI=1S/C42H85NO3/c1-3-5-7-9-11-13-15-17-19-21-22-24-26-28-30-32-34-36-42(45)46-41-39-43(38-40-44)37-35-33-31-29-27-25-23-20-18-16-14-12-10-8-6-4-2/h44H,3-41H2,1-2H3. The highest BCUT2D eigenvalue weighted by atomic mass is 16.5. The number of hydrogen-bond donors (Lipinski definition) is 1. The number of nitrogens with zero attached hydrogens (tertiary/aromatic N) is 1. The summed E-state index contributed by atoms with van der Waals surface area (Å²) < 4.78 is 5.52. The summed E-state index contributed by atoms with van der Waals surface area (Å²) in [5, 5.41) is 9.45. The largest absolute Gasteiger partial charge is 0.464 e. The second-order valence-corrected chi connectivity index (χ2v) is 14.5. The Morgan fingerprint density at radius 3 is 1.04 bits per heavy atom. The zero-order valence-electron chi connectivity index (χ0n) is 31.8. The molecule has 46 heavy (non-hydrogen) atoms. The molecule has 0 bridgehead atoms. The van der Waals surface area contributed by atoms with Gasteiger partial charge in [-0.2, -0.15) is 0 Å². The van der Waals surface area contributed by atoms with Crippen LogP contribution in [0.5, 0.6) is 0 Å². The molecule has 0 amide bonds. The van der Waals surface area contributed by atoms with Gasteiger partial charge in [0.1, 0.15) is 6.61 Å². The average Bonchev–Trinajstić information content (AvgIpc) is 3.06. The molecule has 0 aliphatic rings. The van der Waals surface area contributed by atoms with Crippen molar-refractivity contribution < 1.29 is 14.6 Å². The van der Waals surface area contributed by atoms with Crippen LogP contribution < -0.4 is 0 Å². The summed E-state index contributed by atoms with van der Waals surface area (Å²) in [6.45, 7) is 7.62. The summed E-state index contributed by atoms with van der Waals surface area (Å²) in [5.74, 6) is -0.0488. The number of unbranched alkanes of at least 4 members (excludes halogenated alkanes) is 31. The molecule has 0 atom stereocenters. The first-order valence-electron chi connectivity index (χ1n) is 21.2. The molecule has 0 radical (unpaired) electrons. The lowest BCUT2D eigenvalue weighted by Gasteiger charge is -2.21. The van der Waals surface area contributed by atoms with Crippen LogP contribution in [0.1, 0.15) is 232 Å². The van der Waals surface area contributed by atoms with Crippen molar-refractivity contribution in [2.45, 2.75) is 232 Å². The Labute approximate surface area is 290 Å². The summed E-state index contributed by atoms with van der Waals surface area (Å²) in [5.41, 5.74) is 0. The van der Waals surface area contributed by atoms with Crippen molar-refractivity contribution >= 4 is 5.97 Å². The molecule has 1 N–H and O–H groups in total. The number of aliphatic hydroxyl groups is 1. The third kappa shape index (κ3) is 37.8. The van der Waals surface area contributed by atoms with Gasteiger partial charge in [0.25, 0.3) is 0 Å². The molecular formula is C42H85NO3.